The van der Waals surface area contributed by atoms with Crippen molar-refractivity contribution in [1.29, 1.82) is 0 Å². The van der Waals surface area contributed by atoms with E-state index in [2.05, 4.69) is 0 Å². The molecule has 1 atom stereocenters. The first-order chi connectivity index (χ1) is 8.31. The fourth-order valence-corrected chi connectivity index (χ4v) is 1.39. The number of carbonyl (C=O) groups excluding carboxylic acids is 1. The molecule has 1 rings (SSSR count). The van der Waals surface area contributed by atoms with Crippen molar-refractivity contribution in [2.45, 2.75) is 33.2 Å². The summed E-state index contributed by atoms with van der Waals surface area (Å²) in [5.74, 6) is -1.08. The Morgan fingerprint density at radius 3 is 2.56 bits per heavy atom. The summed E-state index contributed by atoms with van der Waals surface area (Å²) in [5.41, 5.74) is 0.0735. The minimum Gasteiger partial charge on any atom is -0.479 e. The first-order valence-corrected chi connectivity index (χ1v) is 5.84. The van der Waals surface area contributed by atoms with Crippen LogP contribution in [0.25, 0.3) is 0 Å². The molecule has 0 aromatic heterocycles. The van der Waals surface area contributed by atoms with E-state index in [-0.39, 0.29) is 12.0 Å². The van der Waals surface area contributed by atoms with Gasteiger partial charge in [-0.25, -0.2) is 9.59 Å². The Balaban J connectivity index is 2.53. The fraction of sp³-hybridized carbons (Fsp3) is 0.538. The largest absolute Gasteiger partial charge is 0.479 e. The van der Waals surface area contributed by atoms with Crippen LogP contribution in [0.5, 0.6) is 0 Å². The van der Waals surface area contributed by atoms with E-state index in [0.29, 0.717) is 0 Å². The topological polar surface area (TPSA) is 66.8 Å². The maximum Gasteiger partial charge on any atom is 0.414 e. The molecule has 1 amide bonds. The van der Waals surface area contributed by atoms with Gasteiger partial charge in [0.05, 0.1) is 6.61 Å². The van der Waals surface area contributed by atoms with Crippen LogP contribution in [0.4, 0.5) is 4.79 Å². The number of amides is 1. The monoisotopic (exact) mass is 253 g/mol. The van der Waals surface area contributed by atoms with Crippen LogP contribution in [0.2, 0.25) is 0 Å². The zero-order chi connectivity index (χ0) is 13.8. The van der Waals surface area contributed by atoms with Crippen LogP contribution >= 0.6 is 0 Å². The Hall–Kier alpha value is -1.78. The summed E-state index contributed by atoms with van der Waals surface area (Å²) in [4.78, 5) is 23.8. The van der Waals surface area contributed by atoms with Gasteiger partial charge in [0.15, 0.2) is 6.04 Å². The molecule has 5 nitrogen and oxygen atoms in total. The van der Waals surface area contributed by atoms with E-state index in [4.69, 9.17) is 9.84 Å². The number of hydrogen-bond donors (Lipinski definition) is 1. The standard InChI is InChI=1S/C13H19NO4/c1-13(2,3)7-9-18-12(17)14-8-5-4-6-10(14)11(15)16/h4-6,8,10H,7,9H2,1-3H3,(H,15,16). The first kappa shape index (κ1) is 14.3. The molecular formula is C13H19NO4. The number of hydrogen-bond acceptors (Lipinski definition) is 3. The van der Waals surface area contributed by atoms with Crippen LogP contribution in [-0.2, 0) is 9.53 Å². The van der Waals surface area contributed by atoms with E-state index in [9.17, 15) is 9.59 Å². The van der Waals surface area contributed by atoms with Gasteiger partial charge in [0.1, 0.15) is 0 Å². The number of rotatable bonds is 3. The molecule has 1 heterocycles. The third-order valence-electron chi connectivity index (χ3n) is 2.49. The number of allylic oxidation sites excluding steroid dienone is 2. The predicted octanol–water partition coefficient (Wildman–Crippen LogP) is 2.40. The number of carbonyl (C=O) groups is 2. The maximum absolute atomic E-state index is 11.8. The van der Waals surface area contributed by atoms with Crippen molar-refractivity contribution in [3.8, 4) is 0 Å². The molecule has 18 heavy (non-hydrogen) atoms. The van der Waals surface area contributed by atoms with Gasteiger partial charge in [0.2, 0.25) is 0 Å². The molecule has 0 aliphatic carbocycles. The van der Waals surface area contributed by atoms with E-state index in [0.717, 1.165) is 11.3 Å². The summed E-state index contributed by atoms with van der Waals surface area (Å²) in [6, 6.07) is -0.989. The smallest absolute Gasteiger partial charge is 0.414 e. The highest BCUT2D eigenvalue weighted by molar-refractivity contribution is 5.83. The molecule has 1 aliphatic heterocycles. The fourth-order valence-electron chi connectivity index (χ4n) is 1.39. The summed E-state index contributed by atoms with van der Waals surface area (Å²) in [6.45, 7) is 6.42. The molecule has 0 radical (unpaired) electrons. The van der Waals surface area contributed by atoms with Gasteiger partial charge < -0.3 is 9.84 Å². The van der Waals surface area contributed by atoms with E-state index in [1.807, 2.05) is 20.8 Å². The van der Waals surface area contributed by atoms with Gasteiger partial charge in [-0.05, 0) is 17.9 Å². The van der Waals surface area contributed by atoms with Crippen molar-refractivity contribution in [2.24, 2.45) is 5.41 Å². The Morgan fingerprint density at radius 1 is 1.33 bits per heavy atom. The average Bonchev–Trinajstić information content (AvgIpc) is 2.27. The molecule has 0 aromatic carbocycles. The molecule has 0 saturated carbocycles. The normalized spacial score (nSPS) is 18.8. The Bertz CT molecular complexity index is 379. The highest BCUT2D eigenvalue weighted by Crippen LogP contribution is 2.18. The Morgan fingerprint density at radius 2 is 2.00 bits per heavy atom. The molecule has 0 aromatic rings. The zero-order valence-electron chi connectivity index (χ0n) is 10.9. The molecule has 1 aliphatic rings. The summed E-state index contributed by atoms with van der Waals surface area (Å²) >= 11 is 0. The second-order valence-corrected chi connectivity index (χ2v) is 5.34. The SMILES string of the molecule is CC(C)(C)CCOC(=O)N1C=CC=CC1C(=O)O. The van der Waals surface area contributed by atoms with E-state index in [1.54, 1.807) is 12.2 Å². The molecule has 0 fully saturated rings. The van der Waals surface area contributed by atoms with Crippen molar-refractivity contribution < 1.29 is 19.4 Å². The van der Waals surface area contributed by atoms with Gasteiger partial charge in [0, 0.05) is 6.20 Å². The third-order valence-corrected chi connectivity index (χ3v) is 2.49. The number of ether oxygens (including phenoxy) is 1. The second-order valence-electron chi connectivity index (χ2n) is 5.34. The first-order valence-electron chi connectivity index (χ1n) is 5.84. The number of aliphatic carboxylic acids is 1. The van der Waals surface area contributed by atoms with Crippen molar-refractivity contribution in [3.05, 3.63) is 24.4 Å². The molecule has 0 spiro atoms. The minimum absolute atomic E-state index is 0.0735. The predicted molar refractivity (Wildman–Crippen MR) is 67.0 cm³/mol. The van der Waals surface area contributed by atoms with Crippen LogP contribution in [0.15, 0.2) is 24.4 Å². The van der Waals surface area contributed by atoms with Crippen LogP contribution in [0, 0.1) is 5.41 Å². The summed E-state index contributed by atoms with van der Waals surface area (Å²) < 4.78 is 5.08. The second kappa shape index (κ2) is 5.71. The molecule has 0 saturated heterocycles. The van der Waals surface area contributed by atoms with Gasteiger partial charge in [-0.15, -0.1) is 0 Å². The van der Waals surface area contributed by atoms with Gasteiger partial charge >= 0.3 is 12.1 Å². The van der Waals surface area contributed by atoms with E-state index < -0.39 is 18.1 Å². The molecule has 5 heteroatoms. The van der Waals surface area contributed by atoms with Crippen LogP contribution < -0.4 is 0 Å². The average molecular weight is 253 g/mol. The van der Waals surface area contributed by atoms with Crippen molar-refractivity contribution in [1.82, 2.24) is 4.90 Å². The molecular weight excluding hydrogens is 234 g/mol. The van der Waals surface area contributed by atoms with Crippen molar-refractivity contribution in [2.75, 3.05) is 6.61 Å². The third kappa shape index (κ3) is 4.24. The highest BCUT2D eigenvalue weighted by Gasteiger charge is 2.28. The Labute approximate surface area is 107 Å². The molecule has 100 valence electrons. The summed E-state index contributed by atoms with van der Waals surface area (Å²) in [6.07, 6.45) is 6.14. The lowest BCUT2D eigenvalue weighted by molar-refractivity contribution is -0.140. The highest BCUT2D eigenvalue weighted by atomic mass is 16.6. The van der Waals surface area contributed by atoms with E-state index in [1.165, 1.54) is 12.3 Å². The van der Waals surface area contributed by atoms with Gasteiger partial charge in [-0.3, -0.25) is 4.90 Å². The molecule has 1 unspecified atom stereocenters. The van der Waals surface area contributed by atoms with Gasteiger partial charge in [-0.1, -0.05) is 32.9 Å². The van der Waals surface area contributed by atoms with Crippen molar-refractivity contribution >= 4 is 12.1 Å². The van der Waals surface area contributed by atoms with Crippen LogP contribution in [-0.4, -0.2) is 34.7 Å². The lowest BCUT2D eigenvalue weighted by atomic mass is 9.93. The molecule has 0 bridgehead atoms. The summed E-state index contributed by atoms with van der Waals surface area (Å²) in [5, 5.41) is 8.98. The van der Waals surface area contributed by atoms with Crippen LogP contribution in [0.3, 0.4) is 0 Å². The number of nitrogens with zero attached hydrogens (tertiary/aromatic N) is 1. The molecule has 1 N–H and O–H groups in total. The number of carboxylic acids is 1. The zero-order valence-corrected chi connectivity index (χ0v) is 10.9. The quantitative estimate of drug-likeness (QED) is 0.838. The van der Waals surface area contributed by atoms with Crippen LogP contribution in [0.1, 0.15) is 27.2 Å². The Kier molecular flexibility index (Phi) is 4.53. The maximum atomic E-state index is 11.8. The van der Waals surface area contributed by atoms with Gasteiger partial charge in [-0.2, -0.15) is 0 Å². The van der Waals surface area contributed by atoms with Crippen molar-refractivity contribution in [3.63, 3.8) is 0 Å². The lowest BCUT2D eigenvalue weighted by Gasteiger charge is -2.25. The lowest BCUT2D eigenvalue weighted by Crippen LogP contribution is -2.41. The summed E-state index contributed by atoms with van der Waals surface area (Å²) in [7, 11) is 0. The van der Waals surface area contributed by atoms with E-state index >= 15 is 0 Å². The number of carboxylic acid groups (broad SMARTS) is 1. The van der Waals surface area contributed by atoms with Gasteiger partial charge in [0.25, 0.3) is 0 Å². The minimum atomic E-state index is -1.08.